The molecule has 0 fully saturated rings. The van der Waals surface area contributed by atoms with Crippen molar-refractivity contribution >= 4 is 21.2 Å². The molecule has 0 bridgehead atoms. The Kier molecular flexibility index (Phi) is 5.17. The van der Waals surface area contributed by atoms with Gasteiger partial charge in [-0.05, 0) is 22.6 Å². The monoisotopic (exact) mass is 362 g/mol. The highest BCUT2D eigenvalue weighted by atomic mass is 32.2. The number of non-ortho nitro benzene ring substituents is 1. The maximum atomic E-state index is 11.9. The fourth-order valence-electron chi connectivity index (χ4n) is 2.40. The molecule has 2 rings (SSSR count). The van der Waals surface area contributed by atoms with E-state index in [1.165, 1.54) is 17.7 Å². The highest BCUT2D eigenvalue weighted by molar-refractivity contribution is 7.90. The predicted octanol–water partition coefficient (Wildman–Crippen LogP) is 3.91. The van der Waals surface area contributed by atoms with Crippen LogP contribution < -0.4 is 5.32 Å². The van der Waals surface area contributed by atoms with Crippen molar-refractivity contribution < 1.29 is 13.3 Å². The van der Waals surface area contributed by atoms with Gasteiger partial charge in [0.1, 0.15) is 0 Å². The summed E-state index contributed by atoms with van der Waals surface area (Å²) in [6.07, 6.45) is 1.04. The third kappa shape index (κ3) is 4.79. The van der Waals surface area contributed by atoms with Gasteiger partial charge in [0.25, 0.3) is 5.69 Å². The Morgan fingerprint density at radius 2 is 1.68 bits per heavy atom. The van der Waals surface area contributed by atoms with Crippen molar-refractivity contribution in [3.05, 3.63) is 63.7 Å². The van der Waals surface area contributed by atoms with Gasteiger partial charge in [0.05, 0.1) is 15.5 Å². The Balaban J connectivity index is 2.24. The zero-order valence-electron chi connectivity index (χ0n) is 14.7. The first kappa shape index (κ1) is 18.9. The van der Waals surface area contributed by atoms with Crippen molar-refractivity contribution in [2.45, 2.75) is 37.6 Å². The summed E-state index contributed by atoms with van der Waals surface area (Å²) in [7, 11) is -3.59. The summed E-state index contributed by atoms with van der Waals surface area (Å²) in [5.41, 5.74) is 2.37. The topological polar surface area (TPSA) is 89.3 Å². The minimum absolute atomic E-state index is 0.0633. The standard InChI is InChI=1S/C18H22N2O4S/c1-18(2,3)14-7-5-13(6-8-14)12-19-16-10-9-15(20(21)22)11-17(16)25(4,23)24/h5-11,19H,12H2,1-4H3. The number of nitro groups is 1. The normalized spacial score (nSPS) is 12.0. The molecular weight excluding hydrogens is 340 g/mol. The molecule has 2 aromatic carbocycles. The third-order valence-electron chi connectivity index (χ3n) is 3.88. The quantitative estimate of drug-likeness (QED) is 0.643. The fourth-order valence-corrected chi connectivity index (χ4v) is 3.27. The molecular formula is C18H22N2O4S. The Morgan fingerprint density at radius 1 is 1.08 bits per heavy atom. The highest BCUT2D eigenvalue weighted by Crippen LogP contribution is 2.27. The zero-order chi connectivity index (χ0) is 18.8. The molecule has 0 atom stereocenters. The van der Waals surface area contributed by atoms with Crippen LogP contribution in [0.2, 0.25) is 0 Å². The second-order valence-electron chi connectivity index (χ2n) is 7.01. The van der Waals surface area contributed by atoms with Crippen LogP contribution in [0.5, 0.6) is 0 Å². The molecule has 0 saturated heterocycles. The Hall–Kier alpha value is -2.41. The Labute approximate surface area is 148 Å². The van der Waals surface area contributed by atoms with Crippen LogP contribution in [-0.4, -0.2) is 19.6 Å². The lowest BCUT2D eigenvalue weighted by Crippen LogP contribution is -2.11. The van der Waals surface area contributed by atoms with Crippen molar-refractivity contribution in [1.82, 2.24) is 0 Å². The van der Waals surface area contributed by atoms with Crippen molar-refractivity contribution in [2.75, 3.05) is 11.6 Å². The molecule has 0 aliphatic heterocycles. The number of rotatable bonds is 5. The van der Waals surface area contributed by atoms with E-state index >= 15 is 0 Å². The summed E-state index contributed by atoms with van der Waals surface area (Å²) in [6, 6.07) is 11.9. The van der Waals surface area contributed by atoms with E-state index in [4.69, 9.17) is 0 Å². The number of hydrogen-bond donors (Lipinski definition) is 1. The van der Waals surface area contributed by atoms with Crippen molar-refractivity contribution in [3.63, 3.8) is 0 Å². The van der Waals surface area contributed by atoms with Crippen LogP contribution in [0.4, 0.5) is 11.4 Å². The summed E-state index contributed by atoms with van der Waals surface area (Å²) in [6.45, 7) is 6.82. The van der Waals surface area contributed by atoms with Gasteiger partial charge in [0, 0.05) is 24.9 Å². The highest BCUT2D eigenvalue weighted by Gasteiger charge is 2.18. The van der Waals surface area contributed by atoms with E-state index in [1.54, 1.807) is 0 Å². The summed E-state index contributed by atoms with van der Waals surface area (Å²) >= 11 is 0. The van der Waals surface area contributed by atoms with Gasteiger partial charge in [-0.25, -0.2) is 8.42 Å². The van der Waals surface area contributed by atoms with Gasteiger partial charge in [-0.2, -0.15) is 0 Å². The molecule has 25 heavy (non-hydrogen) atoms. The van der Waals surface area contributed by atoms with Crippen LogP contribution in [0.3, 0.4) is 0 Å². The lowest BCUT2D eigenvalue weighted by molar-refractivity contribution is -0.385. The summed E-state index contributed by atoms with van der Waals surface area (Å²) in [4.78, 5) is 10.2. The molecule has 0 spiro atoms. The second kappa shape index (κ2) is 6.84. The maximum Gasteiger partial charge on any atom is 0.270 e. The van der Waals surface area contributed by atoms with Gasteiger partial charge in [-0.3, -0.25) is 10.1 Å². The van der Waals surface area contributed by atoms with Gasteiger partial charge in [-0.1, -0.05) is 45.0 Å². The molecule has 0 heterocycles. The van der Waals surface area contributed by atoms with Gasteiger partial charge in [-0.15, -0.1) is 0 Å². The molecule has 0 unspecified atom stereocenters. The minimum atomic E-state index is -3.59. The van der Waals surface area contributed by atoms with E-state index in [-0.39, 0.29) is 16.0 Å². The number of nitrogens with zero attached hydrogens (tertiary/aromatic N) is 1. The van der Waals surface area contributed by atoms with E-state index in [1.807, 2.05) is 24.3 Å². The average Bonchev–Trinajstić information content (AvgIpc) is 2.51. The molecule has 6 nitrogen and oxygen atoms in total. The van der Waals surface area contributed by atoms with E-state index < -0.39 is 14.8 Å². The number of hydrogen-bond acceptors (Lipinski definition) is 5. The van der Waals surface area contributed by atoms with Crippen LogP contribution in [0.25, 0.3) is 0 Å². The fraction of sp³-hybridized carbons (Fsp3) is 0.333. The molecule has 0 aliphatic rings. The van der Waals surface area contributed by atoms with E-state index in [0.717, 1.165) is 17.9 Å². The van der Waals surface area contributed by atoms with Crippen LogP contribution in [-0.2, 0) is 21.8 Å². The van der Waals surface area contributed by atoms with Gasteiger partial charge < -0.3 is 5.32 Å². The Morgan fingerprint density at radius 3 is 2.16 bits per heavy atom. The zero-order valence-corrected chi connectivity index (χ0v) is 15.6. The molecule has 7 heteroatoms. The first-order chi connectivity index (χ1) is 11.5. The van der Waals surface area contributed by atoms with E-state index in [9.17, 15) is 18.5 Å². The van der Waals surface area contributed by atoms with Crippen LogP contribution in [0, 0.1) is 10.1 Å². The molecule has 134 valence electrons. The van der Waals surface area contributed by atoms with Crippen molar-refractivity contribution in [1.29, 1.82) is 0 Å². The molecule has 0 radical (unpaired) electrons. The number of anilines is 1. The summed E-state index contributed by atoms with van der Waals surface area (Å²) in [5.74, 6) is 0. The third-order valence-corrected chi connectivity index (χ3v) is 5.02. The summed E-state index contributed by atoms with van der Waals surface area (Å²) in [5, 5.41) is 13.9. The van der Waals surface area contributed by atoms with Gasteiger partial charge in [0.15, 0.2) is 9.84 Å². The predicted molar refractivity (Wildman–Crippen MR) is 98.7 cm³/mol. The molecule has 2 aromatic rings. The largest absolute Gasteiger partial charge is 0.380 e. The molecule has 0 amide bonds. The second-order valence-corrected chi connectivity index (χ2v) is 8.99. The number of sulfone groups is 1. The van der Waals surface area contributed by atoms with E-state index in [2.05, 4.69) is 26.1 Å². The molecule has 0 aromatic heterocycles. The molecule has 1 N–H and O–H groups in total. The van der Waals surface area contributed by atoms with Crippen molar-refractivity contribution in [2.24, 2.45) is 0 Å². The van der Waals surface area contributed by atoms with Crippen LogP contribution in [0.15, 0.2) is 47.4 Å². The smallest absolute Gasteiger partial charge is 0.270 e. The lowest BCUT2D eigenvalue weighted by atomic mass is 9.87. The number of nitrogens with one attached hydrogen (secondary N) is 1. The first-order valence-electron chi connectivity index (χ1n) is 7.80. The van der Waals surface area contributed by atoms with Crippen LogP contribution in [0.1, 0.15) is 31.9 Å². The molecule has 0 saturated carbocycles. The van der Waals surface area contributed by atoms with E-state index in [0.29, 0.717) is 12.2 Å². The molecule has 0 aliphatic carbocycles. The van der Waals surface area contributed by atoms with Gasteiger partial charge in [0.2, 0.25) is 0 Å². The first-order valence-corrected chi connectivity index (χ1v) is 9.69. The minimum Gasteiger partial charge on any atom is -0.380 e. The average molecular weight is 362 g/mol. The Bertz CT molecular complexity index is 882. The maximum absolute atomic E-state index is 11.9. The van der Waals surface area contributed by atoms with Crippen molar-refractivity contribution in [3.8, 4) is 0 Å². The summed E-state index contributed by atoms with van der Waals surface area (Å²) < 4.78 is 23.9. The van der Waals surface area contributed by atoms with Gasteiger partial charge >= 0.3 is 0 Å². The SMILES string of the molecule is CC(C)(C)c1ccc(CNc2ccc([N+](=O)[O-])cc2S(C)(=O)=O)cc1. The number of benzene rings is 2. The van der Waals surface area contributed by atoms with Crippen LogP contribution >= 0.6 is 0 Å². The number of nitro benzene ring substituents is 1. The lowest BCUT2D eigenvalue weighted by Gasteiger charge is -2.19.